The number of rotatable bonds is 7. The predicted molar refractivity (Wildman–Crippen MR) is 95.2 cm³/mol. The van der Waals surface area contributed by atoms with Crippen LogP contribution >= 0.6 is 0 Å². The van der Waals surface area contributed by atoms with Crippen LogP contribution in [0.4, 0.5) is 0 Å². The minimum Gasteiger partial charge on any atom is -0.504 e. The summed E-state index contributed by atoms with van der Waals surface area (Å²) in [5, 5.41) is 10.2. The normalized spacial score (nSPS) is 16.1. The molecule has 1 amide bonds. The van der Waals surface area contributed by atoms with E-state index in [0.29, 0.717) is 12.3 Å². The highest BCUT2D eigenvalue weighted by Gasteiger charge is 2.27. The highest BCUT2D eigenvalue weighted by Crippen LogP contribution is 2.31. The minimum atomic E-state index is 0.141. The van der Waals surface area contributed by atoms with Crippen LogP contribution in [0.15, 0.2) is 18.2 Å². The van der Waals surface area contributed by atoms with Crippen molar-refractivity contribution in [2.75, 3.05) is 33.8 Å². The Morgan fingerprint density at radius 2 is 2.08 bits per heavy atom. The van der Waals surface area contributed by atoms with Crippen LogP contribution in [0.3, 0.4) is 0 Å². The molecule has 1 aliphatic heterocycles. The van der Waals surface area contributed by atoms with Crippen molar-refractivity contribution in [3.63, 3.8) is 0 Å². The van der Waals surface area contributed by atoms with Crippen LogP contribution in [-0.2, 0) is 11.3 Å². The third kappa shape index (κ3) is 4.63. The molecule has 0 unspecified atom stereocenters. The van der Waals surface area contributed by atoms with Gasteiger partial charge in [0.1, 0.15) is 0 Å². The minimum absolute atomic E-state index is 0.141. The van der Waals surface area contributed by atoms with Crippen molar-refractivity contribution < 1.29 is 14.6 Å². The van der Waals surface area contributed by atoms with Crippen molar-refractivity contribution in [1.29, 1.82) is 0 Å². The number of aromatic hydroxyl groups is 1. The molecule has 0 spiro atoms. The van der Waals surface area contributed by atoms with Crippen molar-refractivity contribution in [3.8, 4) is 11.5 Å². The fourth-order valence-corrected chi connectivity index (χ4v) is 3.26. The van der Waals surface area contributed by atoms with E-state index in [1.165, 1.54) is 0 Å². The maximum Gasteiger partial charge on any atom is 0.225 e. The van der Waals surface area contributed by atoms with Gasteiger partial charge in [0.15, 0.2) is 11.5 Å². The van der Waals surface area contributed by atoms with Gasteiger partial charge in [0.2, 0.25) is 5.91 Å². The van der Waals surface area contributed by atoms with Gasteiger partial charge in [-0.05, 0) is 38.4 Å². The van der Waals surface area contributed by atoms with E-state index in [1.54, 1.807) is 13.2 Å². The van der Waals surface area contributed by atoms with E-state index >= 15 is 0 Å². The summed E-state index contributed by atoms with van der Waals surface area (Å²) in [7, 11) is 3.48. The molecule has 0 saturated carbocycles. The standard InChI is InChI=1S/C19H30N2O3/c1-4-5-11-20(2)19(23)15-9-12-21(13-10-15)14-16-7-6-8-17(24-3)18(16)22/h6-8,15,22H,4-5,9-14H2,1-3H3. The summed E-state index contributed by atoms with van der Waals surface area (Å²) >= 11 is 0. The second-order valence-corrected chi connectivity index (χ2v) is 6.63. The number of piperidine rings is 1. The van der Waals surface area contributed by atoms with Crippen LogP contribution in [0.2, 0.25) is 0 Å². The first-order chi connectivity index (χ1) is 11.6. The number of likely N-dealkylation sites (tertiary alicyclic amines) is 1. The number of carbonyl (C=O) groups excluding carboxylic acids is 1. The maximum absolute atomic E-state index is 12.5. The highest BCUT2D eigenvalue weighted by atomic mass is 16.5. The lowest BCUT2D eigenvalue weighted by Gasteiger charge is -2.33. The van der Waals surface area contributed by atoms with Crippen LogP contribution < -0.4 is 4.74 Å². The summed E-state index contributed by atoms with van der Waals surface area (Å²) in [6.07, 6.45) is 3.95. The number of ether oxygens (including phenoxy) is 1. The smallest absolute Gasteiger partial charge is 0.225 e. The number of phenols is 1. The number of benzene rings is 1. The third-order valence-electron chi connectivity index (χ3n) is 4.86. The molecule has 0 aromatic heterocycles. The molecule has 5 nitrogen and oxygen atoms in total. The Labute approximate surface area is 145 Å². The Bertz CT molecular complexity index is 539. The molecule has 24 heavy (non-hydrogen) atoms. The van der Waals surface area contributed by atoms with E-state index in [-0.39, 0.29) is 17.6 Å². The summed E-state index contributed by atoms with van der Waals surface area (Å²) in [4.78, 5) is 16.6. The monoisotopic (exact) mass is 334 g/mol. The van der Waals surface area contributed by atoms with E-state index in [2.05, 4.69) is 11.8 Å². The maximum atomic E-state index is 12.5. The van der Waals surface area contributed by atoms with Gasteiger partial charge >= 0.3 is 0 Å². The Hall–Kier alpha value is -1.75. The average molecular weight is 334 g/mol. The fraction of sp³-hybridized carbons (Fsp3) is 0.632. The number of para-hydroxylation sites is 1. The summed E-state index contributed by atoms with van der Waals surface area (Å²) in [6.45, 7) is 5.46. The average Bonchev–Trinajstić information content (AvgIpc) is 2.61. The molecule has 0 atom stereocenters. The number of amides is 1. The zero-order chi connectivity index (χ0) is 17.5. The topological polar surface area (TPSA) is 53.0 Å². The SMILES string of the molecule is CCCCN(C)C(=O)C1CCN(Cc2cccc(OC)c2O)CC1. The highest BCUT2D eigenvalue weighted by molar-refractivity contribution is 5.78. The van der Waals surface area contributed by atoms with Gasteiger partial charge in [-0.25, -0.2) is 0 Å². The number of unbranched alkanes of at least 4 members (excludes halogenated alkanes) is 1. The van der Waals surface area contributed by atoms with Crippen molar-refractivity contribution in [3.05, 3.63) is 23.8 Å². The van der Waals surface area contributed by atoms with Gasteiger partial charge in [0, 0.05) is 31.6 Å². The number of carbonyl (C=O) groups is 1. The van der Waals surface area contributed by atoms with Crippen LogP contribution in [0.25, 0.3) is 0 Å². The molecule has 1 heterocycles. The second kappa shape index (κ2) is 8.92. The molecule has 1 saturated heterocycles. The van der Waals surface area contributed by atoms with E-state index in [0.717, 1.165) is 50.9 Å². The molecule has 1 aliphatic rings. The van der Waals surface area contributed by atoms with Crippen LogP contribution in [0.1, 0.15) is 38.2 Å². The van der Waals surface area contributed by atoms with Gasteiger partial charge in [-0.15, -0.1) is 0 Å². The van der Waals surface area contributed by atoms with E-state index in [1.807, 2.05) is 24.1 Å². The first kappa shape index (κ1) is 18.6. The van der Waals surface area contributed by atoms with Gasteiger partial charge < -0.3 is 14.7 Å². The number of nitrogens with zero attached hydrogens (tertiary/aromatic N) is 2. The lowest BCUT2D eigenvalue weighted by Crippen LogP contribution is -2.41. The summed E-state index contributed by atoms with van der Waals surface area (Å²) in [6, 6.07) is 5.58. The van der Waals surface area contributed by atoms with Gasteiger partial charge in [0.05, 0.1) is 7.11 Å². The van der Waals surface area contributed by atoms with Gasteiger partial charge in [-0.2, -0.15) is 0 Å². The van der Waals surface area contributed by atoms with Crippen molar-refractivity contribution in [2.24, 2.45) is 5.92 Å². The Balaban J connectivity index is 1.86. The number of methoxy groups -OCH3 is 1. The Morgan fingerprint density at radius 1 is 1.38 bits per heavy atom. The van der Waals surface area contributed by atoms with Crippen molar-refractivity contribution in [1.82, 2.24) is 9.80 Å². The lowest BCUT2D eigenvalue weighted by atomic mass is 9.95. The molecule has 134 valence electrons. The van der Waals surface area contributed by atoms with Crippen molar-refractivity contribution >= 4 is 5.91 Å². The summed E-state index contributed by atoms with van der Waals surface area (Å²) in [5.41, 5.74) is 0.874. The Kier molecular flexibility index (Phi) is 6.91. The molecule has 0 radical (unpaired) electrons. The second-order valence-electron chi connectivity index (χ2n) is 6.63. The lowest BCUT2D eigenvalue weighted by molar-refractivity contribution is -0.135. The molecule has 0 bridgehead atoms. The van der Waals surface area contributed by atoms with Crippen molar-refractivity contribution in [2.45, 2.75) is 39.2 Å². The Morgan fingerprint density at radius 3 is 2.71 bits per heavy atom. The fourth-order valence-electron chi connectivity index (χ4n) is 3.26. The van der Waals surface area contributed by atoms with Gasteiger partial charge in [-0.1, -0.05) is 25.5 Å². The molecular formula is C19H30N2O3. The molecule has 1 N–H and O–H groups in total. The predicted octanol–water partition coefficient (Wildman–Crippen LogP) is 2.87. The van der Waals surface area contributed by atoms with E-state index in [4.69, 9.17) is 4.74 Å². The molecule has 1 fully saturated rings. The quantitative estimate of drug-likeness (QED) is 0.833. The zero-order valence-electron chi connectivity index (χ0n) is 15.1. The zero-order valence-corrected chi connectivity index (χ0v) is 15.1. The first-order valence-electron chi connectivity index (χ1n) is 8.89. The van der Waals surface area contributed by atoms with Gasteiger partial charge in [0.25, 0.3) is 0 Å². The molecule has 2 rings (SSSR count). The molecule has 1 aromatic carbocycles. The summed E-state index contributed by atoms with van der Waals surface area (Å²) < 4.78 is 5.16. The molecular weight excluding hydrogens is 304 g/mol. The van der Waals surface area contributed by atoms with Crippen LogP contribution in [0.5, 0.6) is 11.5 Å². The molecule has 0 aliphatic carbocycles. The number of hydrogen-bond acceptors (Lipinski definition) is 4. The first-order valence-corrected chi connectivity index (χ1v) is 8.89. The number of phenolic OH excluding ortho intramolecular Hbond substituents is 1. The van der Waals surface area contributed by atoms with Crippen LogP contribution in [0, 0.1) is 5.92 Å². The number of hydrogen-bond donors (Lipinski definition) is 1. The largest absolute Gasteiger partial charge is 0.504 e. The molecule has 5 heteroatoms. The third-order valence-corrected chi connectivity index (χ3v) is 4.86. The summed E-state index contributed by atoms with van der Waals surface area (Å²) in [5.74, 6) is 1.15. The van der Waals surface area contributed by atoms with E-state index in [9.17, 15) is 9.90 Å². The van der Waals surface area contributed by atoms with Crippen LogP contribution in [-0.4, -0.2) is 54.6 Å². The van der Waals surface area contributed by atoms with Gasteiger partial charge in [-0.3, -0.25) is 9.69 Å². The molecule has 1 aromatic rings. The van der Waals surface area contributed by atoms with E-state index < -0.39 is 0 Å².